The lowest BCUT2D eigenvalue weighted by Crippen LogP contribution is -2.33. The molecule has 1 aliphatic rings. The molecule has 0 fully saturated rings. The van der Waals surface area contributed by atoms with E-state index in [1.54, 1.807) is 0 Å². The van der Waals surface area contributed by atoms with Crippen LogP contribution in [0.1, 0.15) is 19.8 Å². The maximum atomic E-state index is 3.33. The van der Waals surface area contributed by atoms with Crippen molar-refractivity contribution in [3.8, 4) is 0 Å². The minimum Gasteiger partial charge on any atom is -0.381 e. The van der Waals surface area contributed by atoms with Crippen molar-refractivity contribution in [3.63, 3.8) is 0 Å². The van der Waals surface area contributed by atoms with Crippen LogP contribution in [0.3, 0.4) is 0 Å². The molecule has 0 amide bonds. The third kappa shape index (κ3) is 2.01. The van der Waals surface area contributed by atoms with E-state index < -0.39 is 0 Å². The highest BCUT2D eigenvalue weighted by atomic mass is 15.1. The van der Waals surface area contributed by atoms with Crippen LogP contribution in [0.5, 0.6) is 0 Å². The maximum absolute atomic E-state index is 3.33. The van der Waals surface area contributed by atoms with Crippen LogP contribution in [0.25, 0.3) is 0 Å². The number of nitrogens with one attached hydrogen (secondary N) is 1. The Morgan fingerprint density at radius 1 is 1.50 bits per heavy atom. The van der Waals surface area contributed by atoms with E-state index in [1.807, 2.05) is 7.05 Å². The normalized spacial score (nSPS) is 29.8. The van der Waals surface area contributed by atoms with E-state index in [0.29, 0.717) is 12.0 Å². The van der Waals surface area contributed by atoms with Gasteiger partial charge in [-0.25, -0.2) is 0 Å². The average molecular weight is 168 g/mol. The highest BCUT2D eigenvalue weighted by molar-refractivity contribution is 5.09. The predicted octanol–water partition coefficient (Wildman–Crippen LogP) is 1.45. The van der Waals surface area contributed by atoms with Crippen LogP contribution in [0.15, 0.2) is 11.8 Å². The maximum Gasteiger partial charge on any atom is 0.0117 e. The summed E-state index contributed by atoms with van der Waals surface area (Å²) in [5.41, 5.74) is 1.49. The average Bonchev–Trinajstić information content (AvgIpc) is 2.03. The molecule has 0 aromatic carbocycles. The Kier molecular flexibility index (Phi) is 3.15. The highest BCUT2D eigenvalue weighted by Crippen LogP contribution is 2.25. The highest BCUT2D eigenvalue weighted by Gasteiger charge is 2.20. The van der Waals surface area contributed by atoms with E-state index >= 15 is 0 Å². The molecule has 70 valence electrons. The lowest BCUT2D eigenvalue weighted by Gasteiger charge is -2.31. The Bertz CT molecular complexity index is 173. The molecule has 1 N–H and O–H groups in total. The van der Waals surface area contributed by atoms with Gasteiger partial charge in [0, 0.05) is 25.8 Å². The first-order valence-electron chi connectivity index (χ1n) is 4.69. The van der Waals surface area contributed by atoms with Gasteiger partial charge in [-0.3, -0.25) is 0 Å². The number of hydrogen-bond acceptors (Lipinski definition) is 2. The Morgan fingerprint density at radius 3 is 2.58 bits per heavy atom. The van der Waals surface area contributed by atoms with Gasteiger partial charge in [-0.2, -0.15) is 0 Å². The van der Waals surface area contributed by atoms with Crippen molar-refractivity contribution >= 4 is 0 Å². The molecule has 0 aliphatic heterocycles. The lowest BCUT2D eigenvalue weighted by atomic mass is 9.90. The number of allylic oxidation sites excluding steroid dienone is 1. The van der Waals surface area contributed by atoms with Crippen LogP contribution in [0, 0.1) is 5.92 Å². The number of hydrogen-bond donors (Lipinski definition) is 1. The molecule has 1 aliphatic carbocycles. The molecule has 2 unspecified atom stereocenters. The Hall–Kier alpha value is -0.500. The molecular formula is C10H20N2. The third-order valence-corrected chi connectivity index (χ3v) is 2.68. The molecule has 0 bridgehead atoms. The van der Waals surface area contributed by atoms with Crippen molar-refractivity contribution in [1.82, 2.24) is 10.2 Å². The molecule has 2 atom stereocenters. The van der Waals surface area contributed by atoms with Crippen molar-refractivity contribution < 1.29 is 0 Å². The summed E-state index contributed by atoms with van der Waals surface area (Å²) < 4.78 is 0. The summed E-state index contributed by atoms with van der Waals surface area (Å²) in [4.78, 5) is 2.23. The molecular weight excluding hydrogens is 148 g/mol. The van der Waals surface area contributed by atoms with E-state index in [2.05, 4.69) is 37.3 Å². The summed E-state index contributed by atoms with van der Waals surface area (Å²) in [5.74, 6) is 0.700. The van der Waals surface area contributed by atoms with E-state index in [0.717, 1.165) is 0 Å². The van der Waals surface area contributed by atoms with Crippen LogP contribution in [0.4, 0.5) is 0 Å². The summed E-state index contributed by atoms with van der Waals surface area (Å²) in [6.07, 6.45) is 4.80. The van der Waals surface area contributed by atoms with Gasteiger partial charge in [-0.1, -0.05) is 13.0 Å². The summed E-state index contributed by atoms with van der Waals surface area (Å²) in [5, 5.41) is 3.33. The van der Waals surface area contributed by atoms with Crippen molar-refractivity contribution in [1.29, 1.82) is 0 Å². The fourth-order valence-corrected chi connectivity index (χ4v) is 1.97. The van der Waals surface area contributed by atoms with Gasteiger partial charge in [0.15, 0.2) is 0 Å². The fourth-order valence-electron chi connectivity index (χ4n) is 1.97. The Morgan fingerprint density at radius 2 is 2.17 bits per heavy atom. The van der Waals surface area contributed by atoms with Crippen molar-refractivity contribution in [2.24, 2.45) is 5.92 Å². The Balaban J connectivity index is 2.61. The molecule has 0 spiro atoms. The molecule has 0 radical (unpaired) electrons. The molecule has 1 rings (SSSR count). The smallest absolute Gasteiger partial charge is 0.0117 e. The molecule has 0 heterocycles. The van der Waals surface area contributed by atoms with Crippen molar-refractivity contribution in [2.45, 2.75) is 25.8 Å². The summed E-state index contributed by atoms with van der Waals surface area (Å²) in [7, 11) is 6.30. The summed E-state index contributed by atoms with van der Waals surface area (Å²) in [6, 6.07) is 0.684. The largest absolute Gasteiger partial charge is 0.381 e. The van der Waals surface area contributed by atoms with Gasteiger partial charge in [0.25, 0.3) is 0 Å². The fraction of sp³-hybridized carbons (Fsp3) is 0.800. The second-order valence-electron chi connectivity index (χ2n) is 3.88. The molecule has 0 saturated carbocycles. The summed E-state index contributed by atoms with van der Waals surface area (Å²) >= 11 is 0. The first-order valence-corrected chi connectivity index (χ1v) is 4.69. The van der Waals surface area contributed by atoms with Crippen LogP contribution in [0.2, 0.25) is 0 Å². The molecule has 0 saturated heterocycles. The van der Waals surface area contributed by atoms with E-state index in [1.165, 1.54) is 18.5 Å². The molecule has 2 nitrogen and oxygen atoms in total. The zero-order valence-electron chi connectivity index (χ0n) is 8.59. The van der Waals surface area contributed by atoms with Gasteiger partial charge < -0.3 is 10.2 Å². The first-order chi connectivity index (χ1) is 5.65. The van der Waals surface area contributed by atoms with Gasteiger partial charge in [-0.05, 0) is 25.8 Å². The molecule has 2 heteroatoms. The lowest BCUT2D eigenvalue weighted by molar-refractivity contribution is 0.352. The van der Waals surface area contributed by atoms with E-state index in [4.69, 9.17) is 0 Å². The van der Waals surface area contributed by atoms with Gasteiger partial charge in [0.1, 0.15) is 0 Å². The van der Waals surface area contributed by atoms with Crippen LogP contribution >= 0.6 is 0 Å². The quantitative estimate of drug-likeness (QED) is 0.671. The zero-order valence-corrected chi connectivity index (χ0v) is 8.59. The van der Waals surface area contributed by atoms with Crippen LogP contribution in [-0.4, -0.2) is 32.1 Å². The van der Waals surface area contributed by atoms with Gasteiger partial charge >= 0.3 is 0 Å². The second kappa shape index (κ2) is 3.94. The molecule has 12 heavy (non-hydrogen) atoms. The monoisotopic (exact) mass is 168 g/mol. The van der Waals surface area contributed by atoms with Gasteiger partial charge in [0.05, 0.1) is 0 Å². The number of rotatable bonds is 2. The van der Waals surface area contributed by atoms with Crippen molar-refractivity contribution in [3.05, 3.63) is 11.8 Å². The first kappa shape index (κ1) is 9.59. The van der Waals surface area contributed by atoms with Crippen LogP contribution < -0.4 is 5.32 Å². The summed E-state index contributed by atoms with van der Waals surface area (Å²) in [6.45, 7) is 2.30. The topological polar surface area (TPSA) is 15.3 Å². The van der Waals surface area contributed by atoms with Gasteiger partial charge in [0.2, 0.25) is 0 Å². The van der Waals surface area contributed by atoms with Crippen molar-refractivity contribution in [2.75, 3.05) is 21.1 Å². The van der Waals surface area contributed by atoms with E-state index in [9.17, 15) is 0 Å². The molecule has 0 aromatic heterocycles. The SMILES string of the molecule is CNC1CC=C(N(C)C)C(C)C1. The van der Waals surface area contributed by atoms with Crippen LogP contribution in [-0.2, 0) is 0 Å². The minimum atomic E-state index is 0.684. The third-order valence-electron chi connectivity index (χ3n) is 2.68. The molecule has 0 aromatic rings. The van der Waals surface area contributed by atoms with E-state index in [-0.39, 0.29) is 0 Å². The predicted molar refractivity (Wildman–Crippen MR) is 53.0 cm³/mol. The second-order valence-corrected chi connectivity index (χ2v) is 3.88. The van der Waals surface area contributed by atoms with Gasteiger partial charge in [-0.15, -0.1) is 0 Å². The Labute approximate surface area is 75.6 Å². The minimum absolute atomic E-state index is 0.684. The standard InChI is InChI=1S/C10H20N2/c1-8-7-9(11-2)5-6-10(8)12(3)4/h6,8-9,11H,5,7H2,1-4H3. The zero-order chi connectivity index (χ0) is 9.14. The number of nitrogens with zero attached hydrogens (tertiary/aromatic N) is 1.